The smallest absolute Gasteiger partial charge is 0.307 e. The van der Waals surface area contributed by atoms with Crippen molar-refractivity contribution in [3.63, 3.8) is 0 Å². The largest absolute Gasteiger partial charge is 0.469 e. The number of hydrogen-bond acceptors (Lipinski definition) is 5. The molecule has 1 aromatic rings. The third kappa shape index (κ3) is 3.92. The summed E-state index contributed by atoms with van der Waals surface area (Å²) in [5.41, 5.74) is -0.609. The van der Waals surface area contributed by atoms with Gasteiger partial charge in [-0.25, -0.2) is 0 Å². The summed E-state index contributed by atoms with van der Waals surface area (Å²) < 4.78 is 4.40. The van der Waals surface area contributed by atoms with Gasteiger partial charge >= 0.3 is 5.97 Å². The number of esters is 1. The van der Waals surface area contributed by atoms with Crippen LogP contribution < -0.4 is 5.32 Å². The Morgan fingerprint density at radius 3 is 2.74 bits per heavy atom. The number of benzene rings is 1. The number of nitrogens with zero attached hydrogens (tertiary/aromatic N) is 1. The molecule has 0 spiro atoms. The van der Waals surface area contributed by atoms with E-state index in [1.54, 1.807) is 0 Å². The molecule has 1 N–H and O–H groups in total. The van der Waals surface area contributed by atoms with E-state index >= 15 is 0 Å². The third-order valence-electron chi connectivity index (χ3n) is 2.26. The summed E-state index contributed by atoms with van der Waals surface area (Å²) in [5.74, 6) is -1.20. The lowest BCUT2D eigenvalue weighted by molar-refractivity contribution is -0.385. The number of nitro groups is 1. The Hall–Kier alpha value is -2.15. The molecule has 1 aromatic carbocycles. The maximum Gasteiger partial charge on any atom is 0.307 e. The predicted octanol–water partition coefficient (Wildman–Crippen LogP) is 1.54. The van der Waals surface area contributed by atoms with Crippen LogP contribution in [0.2, 0.25) is 5.02 Å². The van der Waals surface area contributed by atoms with Crippen molar-refractivity contribution < 1.29 is 19.2 Å². The molecule has 1 amide bonds. The van der Waals surface area contributed by atoms with Crippen LogP contribution in [0.25, 0.3) is 0 Å². The van der Waals surface area contributed by atoms with Gasteiger partial charge in [0, 0.05) is 12.6 Å². The fourth-order valence-corrected chi connectivity index (χ4v) is 1.61. The van der Waals surface area contributed by atoms with E-state index < -0.39 is 16.8 Å². The Morgan fingerprint density at radius 1 is 1.47 bits per heavy atom. The molecule has 0 saturated carbocycles. The van der Waals surface area contributed by atoms with Crippen molar-refractivity contribution in [1.82, 2.24) is 5.32 Å². The number of rotatable bonds is 5. The first-order chi connectivity index (χ1) is 8.97. The zero-order valence-corrected chi connectivity index (χ0v) is 10.8. The molecule has 102 valence electrons. The second-order valence-corrected chi connectivity index (χ2v) is 3.88. The van der Waals surface area contributed by atoms with Gasteiger partial charge in [0.2, 0.25) is 0 Å². The molecular weight excluding hydrogens is 276 g/mol. The number of halogens is 1. The van der Waals surface area contributed by atoms with Crippen LogP contribution in [-0.4, -0.2) is 30.5 Å². The number of hydrogen-bond donors (Lipinski definition) is 1. The van der Waals surface area contributed by atoms with Crippen molar-refractivity contribution in [2.24, 2.45) is 0 Å². The van der Waals surface area contributed by atoms with Crippen LogP contribution >= 0.6 is 11.6 Å². The van der Waals surface area contributed by atoms with E-state index in [0.29, 0.717) is 0 Å². The number of ether oxygens (including phenoxy) is 1. The number of amides is 1. The Balaban J connectivity index is 2.82. The molecule has 19 heavy (non-hydrogen) atoms. The van der Waals surface area contributed by atoms with Gasteiger partial charge in [-0.05, 0) is 6.07 Å². The second-order valence-electron chi connectivity index (χ2n) is 3.47. The molecule has 1 rings (SSSR count). The van der Waals surface area contributed by atoms with Crippen molar-refractivity contribution in [3.05, 3.63) is 38.9 Å². The maximum absolute atomic E-state index is 11.8. The molecule has 0 bridgehead atoms. The van der Waals surface area contributed by atoms with Crippen LogP contribution in [-0.2, 0) is 9.53 Å². The average molecular weight is 287 g/mol. The van der Waals surface area contributed by atoms with E-state index in [9.17, 15) is 19.7 Å². The Labute approximate surface area is 113 Å². The lowest BCUT2D eigenvalue weighted by Gasteiger charge is -2.06. The molecule has 0 aromatic heterocycles. The van der Waals surface area contributed by atoms with E-state index in [4.69, 9.17) is 11.6 Å². The molecule has 0 atom stereocenters. The lowest BCUT2D eigenvalue weighted by atomic mass is 10.1. The van der Waals surface area contributed by atoms with E-state index in [-0.39, 0.29) is 29.2 Å². The molecule has 0 heterocycles. The summed E-state index contributed by atoms with van der Waals surface area (Å²) in [7, 11) is 1.23. The zero-order chi connectivity index (χ0) is 14.4. The van der Waals surface area contributed by atoms with Gasteiger partial charge in [-0.15, -0.1) is 0 Å². The summed E-state index contributed by atoms with van der Waals surface area (Å²) in [4.78, 5) is 32.8. The van der Waals surface area contributed by atoms with Gasteiger partial charge < -0.3 is 10.1 Å². The van der Waals surface area contributed by atoms with Gasteiger partial charge in [-0.2, -0.15) is 0 Å². The highest BCUT2D eigenvalue weighted by molar-refractivity contribution is 6.34. The molecule has 8 heteroatoms. The van der Waals surface area contributed by atoms with Crippen molar-refractivity contribution in [2.45, 2.75) is 6.42 Å². The monoisotopic (exact) mass is 286 g/mol. The van der Waals surface area contributed by atoms with Crippen molar-refractivity contribution in [2.75, 3.05) is 13.7 Å². The molecular formula is C11H11ClN2O5. The highest BCUT2D eigenvalue weighted by atomic mass is 35.5. The average Bonchev–Trinajstić information content (AvgIpc) is 2.37. The highest BCUT2D eigenvalue weighted by Crippen LogP contribution is 2.25. The standard InChI is InChI=1S/C11H11ClN2O5/c1-19-9(15)5-6-13-11(16)10-7(12)3-2-4-8(10)14(17)18/h2-4H,5-6H2,1H3,(H,13,16). The predicted molar refractivity (Wildman–Crippen MR) is 67.1 cm³/mol. The van der Waals surface area contributed by atoms with Crippen LogP contribution in [0.3, 0.4) is 0 Å². The maximum atomic E-state index is 11.8. The Morgan fingerprint density at radius 2 is 2.16 bits per heavy atom. The lowest BCUT2D eigenvalue weighted by Crippen LogP contribution is -2.27. The third-order valence-corrected chi connectivity index (χ3v) is 2.57. The first-order valence-corrected chi connectivity index (χ1v) is 5.63. The van der Waals surface area contributed by atoms with Crippen LogP contribution in [0.1, 0.15) is 16.8 Å². The van der Waals surface area contributed by atoms with Gasteiger partial charge in [0.25, 0.3) is 11.6 Å². The Kier molecular flexibility index (Phi) is 5.25. The molecule has 0 fully saturated rings. The number of carbonyl (C=O) groups is 2. The van der Waals surface area contributed by atoms with Crippen LogP contribution in [0.5, 0.6) is 0 Å². The van der Waals surface area contributed by atoms with Gasteiger partial charge in [-0.3, -0.25) is 19.7 Å². The molecule has 0 unspecified atom stereocenters. The molecule has 0 radical (unpaired) electrons. The number of nitro benzene ring substituents is 1. The van der Waals surface area contributed by atoms with Gasteiger partial charge in [0.05, 0.1) is 23.5 Å². The van der Waals surface area contributed by atoms with E-state index in [1.807, 2.05) is 0 Å². The van der Waals surface area contributed by atoms with E-state index in [1.165, 1.54) is 25.3 Å². The fraction of sp³-hybridized carbons (Fsp3) is 0.273. The zero-order valence-electron chi connectivity index (χ0n) is 10.0. The van der Waals surface area contributed by atoms with Gasteiger partial charge in [0.15, 0.2) is 0 Å². The minimum Gasteiger partial charge on any atom is -0.469 e. The topological polar surface area (TPSA) is 98.5 Å². The van der Waals surface area contributed by atoms with Crippen molar-refractivity contribution in [3.8, 4) is 0 Å². The molecule has 0 aliphatic heterocycles. The van der Waals surface area contributed by atoms with Crippen LogP contribution in [0.15, 0.2) is 18.2 Å². The second kappa shape index (κ2) is 6.69. The molecule has 0 aliphatic rings. The van der Waals surface area contributed by atoms with Crippen molar-refractivity contribution >= 4 is 29.2 Å². The number of methoxy groups -OCH3 is 1. The number of nitrogens with one attached hydrogen (secondary N) is 1. The number of carbonyl (C=O) groups excluding carboxylic acids is 2. The molecule has 7 nitrogen and oxygen atoms in total. The highest BCUT2D eigenvalue weighted by Gasteiger charge is 2.23. The molecule has 0 aliphatic carbocycles. The summed E-state index contributed by atoms with van der Waals surface area (Å²) >= 11 is 5.78. The van der Waals surface area contributed by atoms with E-state index in [2.05, 4.69) is 10.1 Å². The first kappa shape index (κ1) is 14.9. The fourth-order valence-electron chi connectivity index (χ4n) is 1.36. The van der Waals surface area contributed by atoms with Crippen molar-refractivity contribution in [1.29, 1.82) is 0 Å². The summed E-state index contributed by atoms with van der Waals surface area (Å²) in [6.45, 7) is 0.00782. The van der Waals surface area contributed by atoms with Crippen LogP contribution in [0.4, 0.5) is 5.69 Å². The van der Waals surface area contributed by atoms with E-state index in [0.717, 1.165) is 0 Å². The first-order valence-electron chi connectivity index (χ1n) is 5.25. The Bertz CT molecular complexity index is 518. The SMILES string of the molecule is COC(=O)CCNC(=O)c1c(Cl)cccc1[N+](=O)[O-]. The summed E-state index contributed by atoms with van der Waals surface area (Å²) in [6.07, 6.45) is -0.0273. The minimum absolute atomic E-state index is 0.00782. The molecule has 0 saturated heterocycles. The van der Waals surface area contributed by atoms with Gasteiger partial charge in [0.1, 0.15) is 5.56 Å². The minimum atomic E-state index is -0.707. The normalized spacial score (nSPS) is 9.79. The van der Waals surface area contributed by atoms with Gasteiger partial charge in [-0.1, -0.05) is 17.7 Å². The van der Waals surface area contributed by atoms with Crippen LogP contribution in [0, 0.1) is 10.1 Å². The summed E-state index contributed by atoms with van der Waals surface area (Å²) in [5, 5.41) is 13.1. The summed E-state index contributed by atoms with van der Waals surface area (Å²) in [6, 6.07) is 3.94. The quantitative estimate of drug-likeness (QED) is 0.503.